The molecule has 1 aliphatic rings. The lowest BCUT2D eigenvalue weighted by atomic mass is 9.92. The highest BCUT2D eigenvalue weighted by Crippen LogP contribution is 2.39. The van der Waals surface area contributed by atoms with Crippen molar-refractivity contribution in [3.8, 4) is 0 Å². The Bertz CT molecular complexity index is 730. The van der Waals surface area contributed by atoms with Crippen LogP contribution >= 0.6 is 0 Å². The number of anilines is 1. The van der Waals surface area contributed by atoms with E-state index in [0.29, 0.717) is 6.42 Å². The average molecular weight is 370 g/mol. The summed E-state index contributed by atoms with van der Waals surface area (Å²) in [6.45, 7) is 13.9. The number of carbonyl (C=O) groups is 2. The lowest BCUT2D eigenvalue weighted by Gasteiger charge is -2.27. The van der Waals surface area contributed by atoms with Gasteiger partial charge in [-0.05, 0) is 37.5 Å². The smallest absolute Gasteiger partial charge is 0.290 e. The molecule has 0 bridgehead atoms. The molecule has 2 rings (SSSR count). The molecular weight excluding hydrogens is 340 g/mol. The van der Waals surface area contributed by atoms with Gasteiger partial charge >= 0.3 is 0 Å². The second-order valence-corrected chi connectivity index (χ2v) is 7.20. The Balaban J connectivity index is 2.46. The second-order valence-electron chi connectivity index (χ2n) is 7.20. The molecule has 1 N–H and O–H groups in total. The molecule has 1 amide bonds. The van der Waals surface area contributed by atoms with E-state index in [1.807, 2.05) is 38.1 Å². The van der Waals surface area contributed by atoms with Crippen molar-refractivity contribution in [2.75, 3.05) is 24.5 Å². The second kappa shape index (κ2) is 8.89. The summed E-state index contributed by atoms with van der Waals surface area (Å²) in [6, 6.07) is 7.29. The zero-order chi connectivity index (χ0) is 20.1. The van der Waals surface area contributed by atoms with Gasteiger partial charge in [0.2, 0.25) is 0 Å². The Morgan fingerprint density at radius 3 is 2.33 bits per heavy atom. The number of aliphatic hydroxyl groups is 1. The molecule has 0 saturated carbocycles. The highest BCUT2D eigenvalue weighted by atomic mass is 16.3. The van der Waals surface area contributed by atoms with Gasteiger partial charge in [-0.15, -0.1) is 6.58 Å². The zero-order valence-electron chi connectivity index (χ0n) is 16.7. The number of hydrogen-bond donors (Lipinski definition) is 1. The van der Waals surface area contributed by atoms with Gasteiger partial charge < -0.3 is 14.9 Å². The van der Waals surface area contributed by atoms with Crippen molar-refractivity contribution in [3.63, 3.8) is 0 Å². The highest BCUT2D eigenvalue weighted by Gasteiger charge is 2.42. The van der Waals surface area contributed by atoms with Gasteiger partial charge in [0, 0.05) is 31.7 Å². The first-order chi connectivity index (χ1) is 12.8. The molecule has 1 atom stereocenters. The first-order valence-electron chi connectivity index (χ1n) is 9.58. The molecule has 0 aromatic heterocycles. The zero-order valence-corrected chi connectivity index (χ0v) is 16.7. The van der Waals surface area contributed by atoms with Crippen LogP contribution in [-0.2, 0) is 9.59 Å². The van der Waals surface area contributed by atoms with E-state index < -0.39 is 17.7 Å². The van der Waals surface area contributed by atoms with Crippen LogP contribution in [0.15, 0.2) is 48.3 Å². The van der Waals surface area contributed by atoms with E-state index in [4.69, 9.17) is 0 Å². The van der Waals surface area contributed by atoms with Crippen LogP contribution in [-0.4, -0.2) is 41.3 Å². The molecule has 27 heavy (non-hydrogen) atoms. The third kappa shape index (κ3) is 4.24. The maximum atomic E-state index is 12.8. The van der Waals surface area contributed by atoms with Gasteiger partial charge in [-0.25, -0.2) is 0 Å². The molecule has 5 heteroatoms. The Morgan fingerprint density at radius 2 is 1.85 bits per heavy atom. The van der Waals surface area contributed by atoms with Crippen molar-refractivity contribution >= 4 is 17.4 Å². The molecule has 0 spiro atoms. The fourth-order valence-electron chi connectivity index (χ4n) is 3.55. The van der Waals surface area contributed by atoms with Gasteiger partial charge in [-0.2, -0.15) is 0 Å². The van der Waals surface area contributed by atoms with Crippen molar-refractivity contribution in [1.82, 2.24) is 4.90 Å². The topological polar surface area (TPSA) is 60.9 Å². The number of rotatable bonds is 9. The number of amides is 1. The molecule has 0 saturated heterocycles. The number of benzene rings is 1. The third-order valence-corrected chi connectivity index (χ3v) is 4.86. The fraction of sp³-hybridized carbons (Fsp3) is 0.455. The van der Waals surface area contributed by atoms with Crippen LogP contribution in [0.3, 0.4) is 0 Å². The van der Waals surface area contributed by atoms with Gasteiger partial charge in [0.05, 0.1) is 11.6 Å². The molecule has 1 heterocycles. The first-order valence-corrected chi connectivity index (χ1v) is 9.58. The quantitative estimate of drug-likeness (QED) is 0.667. The van der Waals surface area contributed by atoms with E-state index in [9.17, 15) is 14.7 Å². The van der Waals surface area contributed by atoms with Crippen molar-refractivity contribution < 1.29 is 14.7 Å². The first kappa shape index (κ1) is 20.7. The van der Waals surface area contributed by atoms with Crippen LogP contribution in [0.5, 0.6) is 0 Å². The Kier molecular flexibility index (Phi) is 6.83. The summed E-state index contributed by atoms with van der Waals surface area (Å²) in [5, 5.41) is 10.4. The fourth-order valence-corrected chi connectivity index (χ4v) is 3.55. The summed E-state index contributed by atoms with van der Waals surface area (Å²) < 4.78 is 0. The molecule has 1 aromatic carbocycles. The van der Waals surface area contributed by atoms with Gasteiger partial charge in [0.25, 0.3) is 5.91 Å². The minimum Gasteiger partial charge on any atom is -0.503 e. The number of nitrogens with zero attached hydrogens (tertiary/aromatic N) is 2. The molecule has 0 aliphatic carbocycles. The van der Waals surface area contributed by atoms with E-state index in [0.717, 1.165) is 24.3 Å². The summed E-state index contributed by atoms with van der Waals surface area (Å²) in [6.07, 6.45) is 1.90. The van der Waals surface area contributed by atoms with E-state index in [1.54, 1.807) is 6.08 Å². The van der Waals surface area contributed by atoms with Crippen LogP contribution in [0, 0.1) is 5.92 Å². The van der Waals surface area contributed by atoms with Crippen molar-refractivity contribution in [1.29, 1.82) is 0 Å². The molecular formula is C22H30N2O3. The molecule has 1 unspecified atom stereocenters. The summed E-state index contributed by atoms with van der Waals surface area (Å²) in [4.78, 5) is 29.1. The van der Waals surface area contributed by atoms with Crippen LogP contribution < -0.4 is 4.90 Å². The Morgan fingerprint density at radius 1 is 1.26 bits per heavy atom. The lowest BCUT2D eigenvalue weighted by molar-refractivity contribution is -0.128. The van der Waals surface area contributed by atoms with Gasteiger partial charge in [0.15, 0.2) is 11.5 Å². The van der Waals surface area contributed by atoms with Crippen molar-refractivity contribution in [2.24, 2.45) is 5.92 Å². The minimum absolute atomic E-state index is 0.145. The van der Waals surface area contributed by atoms with Crippen molar-refractivity contribution in [3.05, 3.63) is 53.8 Å². The Hall–Kier alpha value is -2.56. The third-order valence-electron chi connectivity index (χ3n) is 4.86. The minimum atomic E-state index is -0.576. The van der Waals surface area contributed by atoms with Gasteiger partial charge in [-0.3, -0.25) is 9.59 Å². The number of carbonyl (C=O) groups excluding carboxylic acids is 2. The SMILES string of the molecule is C=CCN1C(=O)C(O)=C(C(=O)CC(C)C)C1c1ccc(N(CC)CC)cc1. The largest absolute Gasteiger partial charge is 0.503 e. The van der Waals surface area contributed by atoms with Gasteiger partial charge in [0.1, 0.15) is 0 Å². The molecule has 5 nitrogen and oxygen atoms in total. The molecule has 146 valence electrons. The van der Waals surface area contributed by atoms with Crippen LogP contribution in [0.25, 0.3) is 0 Å². The maximum Gasteiger partial charge on any atom is 0.290 e. The predicted molar refractivity (Wildman–Crippen MR) is 109 cm³/mol. The summed E-state index contributed by atoms with van der Waals surface area (Å²) in [5.41, 5.74) is 2.11. The molecule has 1 aromatic rings. The van der Waals surface area contributed by atoms with Crippen LogP contribution in [0.2, 0.25) is 0 Å². The predicted octanol–water partition coefficient (Wildman–Crippen LogP) is 4.03. The number of Topliss-reactive ketones (excluding diaryl/α,β-unsaturated/α-hetero) is 1. The number of ketones is 1. The normalized spacial score (nSPS) is 17.0. The van der Waals surface area contributed by atoms with Crippen LogP contribution in [0.4, 0.5) is 5.69 Å². The van der Waals surface area contributed by atoms with Gasteiger partial charge in [-0.1, -0.05) is 32.1 Å². The molecule has 0 fully saturated rings. The monoisotopic (exact) mass is 370 g/mol. The Labute approximate surface area is 162 Å². The average Bonchev–Trinajstić information content (AvgIpc) is 2.88. The van der Waals surface area contributed by atoms with E-state index in [2.05, 4.69) is 25.3 Å². The summed E-state index contributed by atoms with van der Waals surface area (Å²) >= 11 is 0. The summed E-state index contributed by atoms with van der Waals surface area (Å²) in [5.74, 6) is -0.979. The van der Waals surface area contributed by atoms with Crippen molar-refractivity contribution in [2.45, 2.75) is 40.2 Å². The maximum absolute atomic E-state index is 12.8. The van der Waals surface area contributed by atoms with E-state index in [1.165, 1.54) is 4.90 Å². The van der Waals surface area contributed by atoms with Crippen LogP contribution in [0.1, 0.15) is 45.7 Å². The summed E-state index contributed by atoms with van der Waals surface area (Å²) in [7, 11) is 0. The standard InChI is InChI=1S/C22H30N2O3/c1-6-13-24-20(16-9-11-17(12-10-16)23(7-2)8-3)19(21(26)22(24)27)18(25)14-15(4)5/h6,9-12,15,20,26H,1,7-8,13-14H2,2-5H3. The molecule has 0 radical (unpaired) electrons. The number of hydrogen-bond acceptors (Lipinski definition) is 4. The lowest BCUT2D eigenvalue weighted by Crippen LogP contribution is -2.31. The number of aliphatic hydroxyl groups excluding tert-OH is 1. The van der Waals surface area contributed by atoms with E-state index in [-0.39, 0.29) is 23.8 Å². The highest BCUT2D eigenvalue weighted by molar-refractivity contribution is 6.09. The van der Waals surface area contributed by atoms with E-state index >= 15 is 0 Å². The molecule has 1 aliphatic heterocycles.